The van der Waals surface area contributed by atoms with Crippen LogP contribution in [0.25, 0.3) is 0 Å². The predicted molar refractivity (Wildman–Crippen MR) is 98.4 cm³/mol. The largest absolute Gasteiger partial charge is 1.00 e. The van der Waals surface area contributed by atoms with Crippen molar-refractivity contribution < 1.29 is 65.6 Å². The maximum Gasteiger partial charge on any atom is 1.00 e. The van der Waals surface area contributed by atoms with Gasteiger partial charge in [-0.2, -0.15) is 0 Å². The van der Waals surface area contributed by atoms with Crippen molar-refractivity contribution >= 4 is 0 Å². The Morgan fingerprint density at radius 3 is 2.29 bits per heavy atom. The molecular formula is C20H25NaO7. The minimum Gasteiger partial charge on any atom is -1.00 e. The molecule has 1 aliphatic heterocycles. The van der Waals surface area contributed by atoms with Crippen molar-refractivity contribution in [3.05, 3.63) is 47.5 Å². The van der Waals surface area contributed by atoms with E-state index in [0.717, 1.165) is 5.56 Å². The van der Waals surface area contributed by atoms with Crippen molar-refractivity contribution in [3.8, 4) is 23.0 Å². The molecule has 28 heavy (non-hydrogen) atoms. The van der Waals surface area contributed by atoms with Crippen LogP contribution in [0.4, 0.5) is 0 Å². The summed E-state index contributed by atoms with van der Waals surface area (Å²) in [5, 5.41) is 40.6. The number of phenolic OH excluding ortho intramolecular Hbond substituents is 2. The molecule has 0 bridgehead atoms. The van der Waals surface area contributed by atoms with Crippen LogP contribution in [0.15, 0.2) is 36.4 Å². The van der Waals surface area contributed by atoms with E-state index in [2.05, 4.69) is 0 Å². The Labute approximate surface area is 187 Å². The third-order valence-electron chi connectivity index (χ3n) is 5.05. The first-order valence-electron chi connectivity index (χ1n) is 8.59. The summed E-state index contributed by atoms with van der Waals surface area (Å²) < 4.78 is 16.1. The molecule has 0 aromatic heterocycles. The minimum absolute atomic E-state index is 0. The molecule has 1 aliphatic rings. The van der Waals surface area contributed by atoms with E-state index in [4.69, 9.17) is 14.2 Å². The predicted octanol–water partition coefficient (Wildman–Crippen LogP) is -1.11. The van der Waals surface area contributed by atoms with Gasteiger partial charge in [-0.3, -0.25) is 0 Å². The second kappa shape index (κ2) is 9.35. The van der Waals surface area contributed by atoms with Crippen LogP contribution in [0.1, 0.15) is 18.7 Å². The summed E-state index contributed by atoms with van der Waals surface area (Å²) >= 11 is 0. The van der Waals surface area contributed by atoms with Gasteiger partial charge in [-0.1, -0.05) is 12.1 Å². The van der Waals surface area contributed by atoms with Gasteiger partial charge >= 0.3 is 29.6 Å². The number of aliphatic hydroxyl groups excluding tert-OH is 1. The average Bonchev–Trinajstić information content (AvgIpc) is 2.99. The minimum atomic E-state index is -1.30. The van der Waals surface area contributed by atoms with Gasteiger partial charge in [0.05, 0.1) is 39.1 Å². The van der Waals surface area contributed by atoms with Crippen molar-refractivity contribution in [2.75, 3.05) is 27.4 Å². The van der Waals surface area contributed by atoms with Gasteiger partial charge < -0.3 is 36.1 Å². The first-order valence-corrected chi connectivity index (χ1v) is 8.59. The van der Waals surface area contributed by atoms with E-state index in [1.165, 1.54) is 26.4 Å². The molecule has 1 heterocycles. The summed E-state index contributed by atoms with van der Waals surface area (Å²) in [5.74, 6) is 0.0587. The fourth-order valence-electron chi connectivity index (χ4n) is 3.57. The van der Waals surface area contributed by atoms with Crippen LogP contribution >= 0.6 is 0 Å². The maximum absolute atomic E-state index is 11.2. The van der Waals surface area contributed by atoms with Crippen LogP contribution in [-0.4, -0.2) is 53.5 Å². The fraction of sp³-hybridized carbons (Fsp3) is 0.400. The zero-order valence-corrected chi connectivity index (χ0v) is 18.3. The summed E-state index contributed by atoms with van der Waals surface area (Å²) in [7, 11) is 2.91. The monoisotopic (exact) mass is 400 g/mol. The summed E-state index contributed by atoms with van der Waals surface area (Å²) in [6.07, 6.45) is -0.325. The molecule has 1 fully saturated rings. The summed E-state index contributed by atoms with van der Waals surface area (Å²) in [5.41, 5.74) is 0.146. The van der Waals surface area contributed by atoms with Gasteiger partial charge in [-0.15, -0.1) is 0 Å². The Hall–Kier alpha value is -1.48. The van der Waals surface area contributed by atoms with Gasteiger partial charge in [0.2, 0.25) is 0 Å². The molecule has 2 aromatic rings. The molecule has 0 spiro atoms. The molecule has 1 saturated heterocycles. The molecule has 8 heteroatoms. The van der Waals surface area contributed by atoms with Crippen molar-refractivity contribution in [2.45, 2.75) is 18.1 Å². The van der Waals surface area contributed by atoms with E-state index in [-0.39, 0.29) is 62.1 Å². The number of methoxy groups -OCH3 is 2. The van der Waals surface area contributed by atoms with E-state index in [1.54, 1.807) is 24.3 Å². The van der Waals surface area contributed by atoms with Crippen LogP contribution in [-0.2, 0) is 11.2 Å². The standard InChI is InChI=1S/C20H24O7.Na.H/c1-25-17-7-12(3-5-15(17)22)9-20(24)11-27-19(14(20)10-21)13-4-6-16(23)18(8-13)26-2;;/h3-8,14,19,21-24H,9-11H2,1-2H3;;/q;+1;-1/t14-,19-,20-;;/m1../s1. The fourth-order valence-corrected chi connectivity index (χ4v) is 3.57. The zero-order chi connectivity index (χ0) is 19.6. The normalized spacial score (nSPS) is 23.9. The Kier molecular flexibility index (Phi) is 7.61. The van der Waals surface area contributed by atoms with E-state index >= 15 is 0 Å². The van der Waals surface area contributed by atoms with Crippen LogP contribution in [0.3, 0.4) is 0 Å². The molecule has 0 radical (unpaired) electrons. The zero-order valence-electron chi connectivity index (χ0n) is 17.3. The molecule has 3 atom stereocenters. The van der Waals surface area contributed by atoms with E-state index in [0.29, 0.717) is 17.1 Å². The molecule has 0 aliphatic carbocycles. The van der Waals surface area contributed by atoms with Gasteiger partial charge in [-0.05, 0) is 35.4 Å². The second-order valence-electron chi connectivity index (χ2n) is 6.74. The number of rotatable bonds is 6. The van der Waals surface area contributed by atoms with E-state index < -0.39 is 17.6 Å². The summed E-state index contributed by atoms with van der Waals surface area (Å²) in [4.78, 5) is 0. The Bertz CT molecular complexity index is 819. The molecule has 4 N–H and O–H groups in total. The SMILES string of the molecule is COc1cc(C[C@@]2(O)CO[C@H](c3ccc(O)c(OC)c3)[C@H]2CO)ccc1O.[H-].[Na+]. The molecule has 0 saturated carbocycles. The number of aromatic hydroxyl groups is 2. The third kappa shape index (κ3) is 4.40. The van der Waals surface area contributed by atoms with E-state index in [1.807, 2.05) is 0 Å². The number of ether oxygens (including phenoxy) is 3. The van der Waals surface area contributed by atoms with Gasteiger partial charge in [-0.25, -0.2) is 0 Å². The quantitative estimate of drug-likeness (QED) is 0.455. The average molecular weight is 400 g/mol. The Balaban J connectivity index is 0.00000210. The van der Waals surface area contributed by atoms with Gasteiger partial charge in [0.25, 0.3) is 0 Å². The van der Waals surface area contributed by atoms with Crippen molar-refractivity contribution in [2.24, 2.45) is 5.92 Å². The molecule has 3 rings (SSSR count). The van der Waals surface area contributed by atoms with Gasteiger partial charge in [0.1, 0.15) is 0 Å². The number of hydrogen-bond acceptors (Lipinski definition) is 7. The molecule has 7 nitrogen and oxygen atoms in total. The van der Waals surface area contributed by atoms with Crippen molar-refractivity contribution in [1.29, 1.82) is 0 Å². The van der Waals surface area contributed by atoms with Crippen molar-refractivity contribution in [3.63, 3.8) is 0 Å². The topological polar surface area (TPSA) is 109 Å². The summed E-state index contributed by atoms with van der Waals surface area (Å²) in [6.45, 7) is -0.241. The summed E-state index contributed by atoms with van der Waals surface area (Å²) in [6, 6.07) is 9.66. The van der Waals surface area contributed by atoms with Crippen LogP contribution in [0.2, 0.25) is 0 Å². The van der Waals surface area contributed by atoms with Gasteiger partial charge in [0.15, 0.2) is 23.0 Å². The number of aliphatic hydroxyl groups is 2. The Morgan fingerprint density at radius 2 is 1.68 bits per heavy atom. The Morgan fingerprint density at radius 1 is 1.07 bits per heavy atom. The molecule has 2 aromatic carbocycles. The third-order valence-corrected chi connectivity index (χ3v) is 5.05. The first kappa shape index (κ1) is 22.8. The molecule has 148 valence electrons. The van der Waals surface area contributed by atoms with E-state index in [9.17, 15) is 20.4 Å². The van der Waals surface area contributed by atoms with Gasteiger partial charge in [0, 0.05) is 12.3 Å². The smallest absolute Gasteiger partial charge is 1.00 e. The molecular weight excluding hydrogens is 375 g/mol. The molecule has 0 amide bonds. The maximum atomic E-state index is 11.2. The second-order valence-corrected chi connectivity index (χ2v) is 6.74. The molecule has 0 unspecified atom stereocenters. The first-order chi connectivity index (χ1) is 12.9. The van der Waals surface area contributed by atoms with Crippen LogP contribution < -0.4 is 39.0 Å². The number of phenols is 2. The van der Waals surface area contributed by atoms with Crippen LogP contribution in [0.5, 0.6) is 23.0 Å². The number of benzene rings is 2. The van der Waals surface area contributed by atoms with Crippen molar-refractivity contribution in [1.82, 2.24) is 0 Å². The van der Waals surface area contributed by atoms with Crippen LogP contribution in [0, 0.1) is 5.92 Å². The number of hydrogen-bond donors (Lipinski definition) is 4.